The van der Waals surface area contributed by atoms with Gasteiger partial charge in [-0.1, -0.05) is 19.4 Å². The molecule has 21 heavy (non-hydrogen) atoms. The van der Waals surface area contributed by atoms with E-state index < -0.39 is 18.3 Å². The Hall–Kier alpha value is -1.07. The minimum Gasteiger partial charge on any atom is -0.493 e. The molecule has 1 fully saturated rings. The number of hydrogen-bond donors (Lipinski definition) is 0. The van der Waals surface area contributed by atoms with Crippen LogP contribution in [0.25, 0.3) is 0 Å². The van der Waals surface area contributed by atoms with Crippen LogP contribution in [0.3, 0.4) is 0 Å². The van der Waals surface area contributed by atoms with Gasteiger partial charge in [-0.05, 0) is 40.2 Å². The number of hydrogen-bond acceptors (Lipinski definition) is 3. The van der Waals surface area contributed by atoms with Gasteiger partial charge in [-0.3, -0.25) is 0 Å². The first-order chi connectivity index (χ1) is 9.77. The van der Waals surface area contributed by atoms with Gasteiger partial charge in [-0.25, -0.2) is 4.39 Å². The molecule has 116 valence electrons. The van der Waals surface area contributed by atoms with Crippen molar-refractivity contribution in [2.24, 2.45) is 0 Å². The van der Waals surface area contributed by atoms with Crippen molar-refractivity contribution in [3.05, 3.63) is 24.0 Å². The van der Waals surface area contributed by atoms with Gasteiger partial charge in [0.25, 0.3) is 0 Å². The summed E-state index contributed by atoms with van der Waals surface area (Å²) in [7, 11) is -0.681. The lowest BCUT2D eigenvalue weighted by molar-refractivity contribution is 0.00578. The van der Waals surface area contributed by atoms with Gasteiger partial charge in [0.05, 0.1) is 17.8 Å². The van der Waals surface area contributed by atoms with Crippen LogP contribution in [-0.4, -0.2) is 24.9 Å². The highest BCUT2D eigenvalue weighted by Gasteiger charge is 2.52. The Morgan fingerprint density at radius 1 is 1.14 bits per heavy atom. The fourth-order valence-electron chi connectivity index (χ4n) is 2.09. The van der Waals surface area contributed by atoms with Crippen LogP contribution < -0.4 is 10.2 Å². The second-order valence-corrected chi connectivity index (χ2v) is 6.47. The topological polar surface area (TPSA) is 27.7 Å². The maximum atomic E-state index is 14.3. The fourth-order valence-corrected chi connectivity index (χ4v) is 2.09. The molecule has 0 N–H and O–H groups in total. The highest BCUT2D eigenvalue weighted by molar-refractivity contribution is 6.62. The summed E-state index contributed by atoms with van der Waals surface area (Å²) < 4.78 is 31.5. The number of rotatable bonds is 5. The Bertz CT molecular complexity index is 486. The van der Waals surface area contributed by atoms with E-state index in [-0.39, 0.29) is 5.82 Å². The third kappa shape index (κ3) is 3.41. The molecule has 0 radical (unpaired) electrons. The Kier molecular flexibility index (Phi) is 4.64. The molecule has 0 aliphatic carbocycles. The zero-order valence-corrected chi connectivity index (χ0v) is 13.5. The van der Waals surface area contributed by atoms with Crippen LogP contribution in [0.4, 0.5) is 4.39 Å². The van der Waals surface area contributed by atoms with Crippen molar-refractivity contribution in [3.63, 3.8) is 0 Å². The summed E-state index contributed by atoms with van der Waals surface area (Å²) in [6, 6.07) is 4.84. The van der Waals surface area contributed by atoms with Crippen LogP contribution in [0.2, 0.25) is 0 Å². The van der Waals surface area contributed by atoms with Crippen LogP contribution in [0.1, 0.15) is 47.5 Å². The summed E-state index contributed by atoms with van der Waals surface area (Å²) in [6.45, 7) is 10.5. The lowest BCUT2D eigenvalue weighted by atomic mass is 9.78. The van der Waals surface area contributed by atoms with Gasteiger partial charge in [0.2, 0.25) is 0 Å². The van der Waals surface area contributed by atoms with Gasteiger partial charge >= 0.3 is 7.12 Å². The molecule has 0 amide bonds. The van der Waals surface area contributed by atoms with E-state index in [9.17, 15) is 4.39 Å². The molecule has 1 aliphatic rings. The summed E-state index contributed by atoms with van der Waals surface area (Å²) in [5, 5.41) is 0. The van der Waals surface area contributed by atoms with E-state index in [2.05, 4.69) is 6.92 Å². The summed E-state index contributed by atoms with van der Waals surface area (Å²) >= 11 is 0. The van der Waals surface area contributed by atoms with Gasteiger partial charge in [-0.15, -0.1) is 0 Å². The molecule has 0 spiro atoms. The Morgan fingerprint density at radius 2 is 1.76 bits per heavy atom. The smallest absolute Gasteiger partial charge is 0.493 e. The quantitative estimate of drug-likeness (QED) is 0.616. The van der Waals surface area contributed by atoms with Crippen molar-refractivity contribution in [2.45, 2.75) is 58.7 Å². The van der Waals surface area contributed by atoms with Gasteiger partial charge in [0.1, 0.15) is 11.6 Å². The monoisotopic (exact) mass is 294 g/mol. The minimum absolute atomic E-state index is 0.359. The molecule has 0 bridgehead atoms. The van der Waals surface area contributed by atoms with Gasteiger partial charge in [0.15, 0.2) is 0 Å². The molecule has 0 aromatic heterocycles. The van der Waals surface area contributed by atoms with E-state index >= 15 is 0 Å². The molecule has 1 saturated heterocycles. The second kappa shape index (κ2) is 5.97. The summed E-state index contributed by atoms with van der Waals surface area (Å²) in [5.41, 5.74) is -0.530. The van der Waals surface area contributed by atoms with Crippen LogP contribution in [0.5, 0.6) is 5.75 Å². The van der Waals surface area contributed by atoms with Crippen LogP contribution in [0.15, 0.2) is 18.2 Å². The highest BCUT2D eigenvalue weighted by Crippen LogP contribution is 2.36. The predicted octanol–water partition coefficient (Wildman–Crippen LogP) is 3.30. The molecule has 0 saturated carbocycles. The number of halogens is 1. The molecular formula is C16H24BFO3. The van der Waals surface area contributed by atoms with Gasteiger partial charge in [-0.2, -0.15) is 0 Å². The number of unbranched alkanes of at least 4 members (excludes halogenated alkanes) is 1. The lowest BCUT2D eigenvalue weighted by Gasteiger charge is -2.32. The largest absolute Gasteiger partial charge is 0.497 e. The highest BCUT2D eigenvalue weighted by atomic mass is 19.1. The van der Waals surface area contributed by atoms with E-state index in [0.29, 0.717) is 17.8 Å². The molecule has 3 nitrogen and oxygen atoms in total. The van der Waals surface area contributed by atoms with Crippen molar-refractivity contribution in [2.75, 3.05) is 6.61 Å². The Morgan fingerprint density at radius 3 is 2.29 bits per heavy atom. The van der Waals surface area contributed by atoms with E-state index in [1.807, 2.05) is 27.7 Å². The van der Waals surface area contributed by atoms with Crippen molar-refractivity contribution in [1.82, 2.24) is 0 Å². The predicted molar refractivity (Wildman–Crippen MR) is 82.5 cm³/mol. The number of ether oxygens (including phenoxy) is 1. The van der Waals surface area contributed by atoms with Crippen LogP contribution >= 0.6 is 0 Å². The minimum atomic E-state index is -0.681. The zero-order chi connectivity index (χ0) is 15.7. The van der Waals surface area contributed by atoms with Crippen molar-refractivity contribution < 1.29 is 18.4 Å². The van der Waals surface area contributed by atoms with Crippen molar-refractivity contribution >= 4 is 12.6 Å². The maximum absolute atomic E-state index is 14.3. The zero-order valence-electron chi connectivity index (χ0n) is 13.5. The first kappa shape index (κ1) is 16.3. The first-order valence-corrected chi connectivity index (χ1v) is 7.55. The molecule has 1 aliphatic heterocycles. The van der Waals surface area contributed by atoms with E-state index in [1.165, 1.54) is 6.07 Å². The third-order valence-electron chi connectivity index (χ3n) is 4.25. The van der Waals surface area contributed by atoms with Crippen LogP contribution in [0, 0.1) is 5.82 Å². The SMILES string of the molecule is CCCCOc1ccc(B2OC(C)(C)C(C)(C)O2)c(F)c1. The first-order valence-electron chi connectivity index (χ1n) is 7.55. The average molecular weight is 294 g/mol. The molecule has 1 aromatic carbocycles. The third-order valence-corrected chi connectivity index (χ3v) is 4.25. The molecule has 1 heterocycles. The molecule has 0 atom stereocenters. The normalized spacial score (nSPS) is 19.8. The van der Waals surface area contributed by atoms with E-state index in [1.54, 1.807) is 12.1 Å². The Balaban J connectivity index is 2.12. The fraction of sp³-hybridized carbons (Fsp3) is 0.625. The molecular weight excluding hydrogens is 270 g/mol. The molecule has 2 rings (SSSR count). The maximum Gasteiger partial charge on any atom is 0.497 e. The van der Waals surface area contributed by atoms with Crippen molar-refractivity contribution in [1.29, 1.82) is 0 Å². The molecule has 5 heteroatoms. The lowest BCUT2D eigenvalue weighted by Crippen LogP contribution is -2.41. The standard InChI is InChI=1S/C16H24BFO3/c1-6-7-10-19-12-8-9-13(14(18)11-12)17-20-15(2,3)16(4,5)21-17/h8-9,11H,6-7,10H2,1-5H3. The number of benzene rings is 1. The molecule has 1 aromatic rings. The Labute approximate surface area is 126 Å². The van der Waals surface area contributed by atoms with Crippen LogP contribution in [-0.2, 0) is 9.31 Å². The van der Waals surface area contributed by atoms with E-state index in [4.69, 9.17) is 14.0 Å². The summed E-state index contributed by atoms with van der Waals surface area (Å²) in [4.78, 5) is 0. The summed E-state index contributed by atoms with van der Waals surface area (Å²) in [6.07, 6.45) is 2.01. The second-order valence-electron chi connectivity index (χ2n) is 6.47. The van der Waals surface area contributed by atoms with Gasteiger partial charge in [0, 0.05) is 11.5 Å². The van der Waals surface area contributed by atoms with Crippen molar-refractivity contribution in [3.8, 4) is 5.75 Å². The van der Waals surface area contributed by atoms with Gasteiger partial charge < -0.3 is 14.0 Å². The molecule has 0 unspecified atom stereocenters. The van der Waals surface area contributed by atoms with E-state index in [0.717, 1.165) is 12.8 Å². The average Bonchev–Trinajstić information content (AvgIpc) is 2.58. The summed E-state index contributed by atoms with van der Waals surface area (Å²) in [5.74, 6) is 0.184.